The van der Waals surface area contributed by atoms with E-state index >= 15 is 0 Å². The molecule has 0 aliphatic heterocycles. The fourth-order valence-electron chi connectivity index (χ4n) is 1.87. The average molecular weight is 350 g/mol. The topological polar surface area (TPSA) is 58.0 Å². The Labute approximate surface area is 133 Å². The van der Waals surface area contributed by atoms with Gasteiger partial charge in [-0.2, -0.15) is 0 Å². The first-order valence-electron chi connectivity index (χ1n) is 6.86. The molecule has 0 saturated heterocycles. The summed E-state index contributed by atoms with van der Waals surface area (Å²) in [6.45, 7) is 6.97. The Morgan fingerprint density at radius 1 is 1.14 bits per heavy atom. The van der Waals surface area contributed by atoms with Crippen molar-refractivity contribution in [1.82, 2.24) is 9.97 Å². The van der Waals surface area contributed by atoms with Gasteiger partial charge in [-0.1, -0.05) is 45.0 Å². The number of rotatable bonds is 4. The van der Waals surface area contributed by atoms with Gasteiger partial charge in [-0.15, -0.1) is 0 Å². The Morgan fingerprint density at radius 3 is 2.52 bits per heavy atom. The van der Waals surface area contributed by atoms with Crippen molar-refractivity contribution in [2.24, 2.45) is 0 Å². The molecule has 0 aliphatic rings. The Balaban J connectivity index is 2.14. The minimum absolute atomic E-state index is 0.0566. The molecule has 0 fully saturated rings. The summed E-state index contributed by atoms with van der Waals surface area (Å²) < 4.78 is 0.772. The van der Waals surface area contributed by atoms with Crippen molar-refractivity contribution >= 4 is 21.7 Å². The van der Waals surface area contributed by atoms with Crippen LogP contribution >= 0.6 is 15.9 Å². The van der Waals surface area contributed by atoms with Gasteiger partial charge in [0.25, 0.3) is 0 Å². The molecule has 112 valence electrons. The molecule has 0 radical (unpaired) electrons. The summed E-state index contributed by atoms with van der Waals surface area (Å²) in [6, 6.07) is 9.72. The molecule has 0 saturated carbocycles. The lowest BCUT2D eigenvalue weighted by Crippen LogP contribution is -2.17. The lowest BCUT2D eigenvalue weighted by Gasteiger charge is -2.18. The van der Waals surface area contributed by atoms with E-state index in [0.29, 0.717) is 6.54 Å². The van der Waals surface area contributed by atoms with Crippen LogP contribution in [0.25, 0.3) is 0 Å². The van der Waals surface area contributed by atoms with Crippen molar-refractivity contribution in [2.75, 3.05) is 5.32 Å². The molecule has 1 heterocycles. The smallest absolute Gasteiger partial charge is 0.137 e. The van der Waals surface area contributed by atoms with Gasteiger partial charge < -0.3 is 10.4 Å². The van der Waals surface area contributed by atoms with E-state index in [2.05, 4.69) is 52.0 Å². The van der Waals surface area contributed by atoms with Crippen molar-refractivity contribution < 1.29 is 5.11 Å². The van der Waals surface area contributed by atoms with Crippen LogP contribution in [-0.2, 0) is 18.6 Å². The highest BCUT2D eigenvalue weighted by atomic mass is 79.9. The van der Waals surface area contributed by atoms with E-state index in [-0.39, 0.29) is 12.0 Å². The number of hydrogen-bond acceptors (Lipinski definition) is 4. The highest BCUT2D eigenvalue weighted by Crippen LogP contribution is 2.22. The van der Waals surface area contributed by atoms with Crippen LogP contribution in [0.5, 0.6) is 0 Å². The number of benzene rings is 1. The Hall–Kier alpha value is -1.46. The lowest BCUT2D eigenvalue weighted by molar-refractivity contribution is 0.281. The summed E-state index contributed by atoms with van der Waals surface area (Å²) in [7, 11) is 0. The third-order valence-electron chi connectivity index (χ3n) is 3.01. The fourth-order valence-corrected chi connectivity index (χ4v) is 2.26. The molecule has 0 unspecified atom stereocenters. The third-order valence-corrected chi connectivity index (χ3v) is 3.42. The number of aromatic nitrogens is 2. The van der Waals surface area contributed by atoms with Crippen LogP contribution in [0, 0.1) is 0 Å². The lowest BCUT2D eigenvalue weighted by atomic mass is 9.96. The second-order valence-corrected chi connectivity index (χ2v) is 6.79. The SMILES string of the molecule is CC(C)(C)c1nc(Br)cc(NCc2cccc(CO)c2)n1. The Bertz CT molecular complexity index is 623. The van der Waals surface area contributed by atoms with Gasteiger partial charge >= 0.3 is 0 Å². The average Bonchev–Trinajstić information content (AvgIpc) is 2.44. The van der Waals surface area contributed by atoms with Gasteiger partial charge in [-0.25, -0.2) is 9.97 Å². The summed E-state index contributed by atoms with van der Waals surface area (Å²) in [5.74, 6) is 1.58. The Kier molecular flexibility index (Phi) is 4.96. The van der Waals surface area contributed by atoms with Crippen LogP contribution in [0.1, 0.15) is 37.7 Å². The zero-order valence-electron chi connectivity index (χ0n) is 12.5. The molecule has 0 spiro atoms. The van der Waals surface area contributed by atoms with Crippen molar-refractivity contribution in [1.29, 1.82) is 0 Å². The Morgan fingerprint density at radius 2 is 1.86 bits per heavy atom. The molecule has 4 nitrogen and oxygen atoms in total. The number of hydrogen-bond donors (Lipinski definition) is 2. The summed E-state index contributed by atoms with van der Waals surface area (Å²) >= 11 is 3.43. The molecular formula is C16H20BrN3O. The van der Waals surface area contributed by atoms with Gasteiger partial charge in [0.15, 0.2) is 0 Å². The number of aliphatic hydroxyl groups is 1. The zero-order chi connectivity index (χ0) is 15.5. The van der Waals surface area contributed by atoms with Crippen molar-refractivity contribution in [3.05, 3.63) is 51.9 Å². The maximum atomic E-state index is 9.16. The van der Waals surface area contributed by atoms with E-state index < -0.39 is 0 Å². The molecule has 5 heteroatoms. The number of nitrogens with zero attached hydrogens (tertiary/aromatic N) is 2. The predicted molar refractivity (Wildman–Crippen MR) is 88.1 cm³/mol. The summed E-state index contributed by atoms with van der Waals surface area (Å²) in [5, 5.41) is 12.5. The van der Waals surface area contributed by atoms with E-state index in [9.17, 15) is 0 Å². The van der Waals surface area contributed by atoms with E-state index in [1.165, 1.54) is 0 Å². The summed E-state index contributed by atoms with van der Waals surface area (Å²) in [6.07, 6.45) is 0. The molecule has 0 amide bonds. The van der Waals surface area contributed by atoms with Crippen LogP contribution in [0.4, 0.5) is 5.82 Å². The van der Waals surface area contributed by atoms with Gasteiger partial charge in [0.2, 0.25) is 0 Å². The largest absolute Gasteiger partial charge is 0.392 e. The van der Waals surface area contributed by atoms with Gasteiger partial charge in [-0.05, 0) is 27.1 Å². The molecule has 0 aliphatic carbocycles. The molecule has 1 aromatic carbocycles. The van der Waals surface area contributed by atoms with Gasteiger partial charge in [0.1, 0.15) is 16.2 Å². The summed E-state index contributed by atoms with van der Waals surface area (Å²) in [4.78, 5) is 8.98. The first-order valence-corrected chi connectivity index (χ1v) is 7.65. The number of anilines is 1. The first-order chi connectivity index (χ1) is 9.88. The molecular weight excluding hydrogens is 330 g/mol. The number of aliphatic hydroxyl groups excluding tert-OH is 1. The molecule has 21 heavy (non-hydrogen) atoms. The van der Waals surface area contributed by atoms with Crippen LogP contribution in [-0.4, -0.2) is 15.1 Å². The summed E-state index contributed by atoms with van der Waals surface area (Å²) in [5.41, 5.74) is 1.92. The molecule has 2 rings (SSSR count). The minimum atomic E-state index is -0.100. The highest BCUT2D eigenvalue weighted by Gasteiger charge is 2.18. The highest BCUT2D eigenvalue weighted by molar-refractivity contribution is 9.10. The van der Waals surface area contributed by atoms with Gasteiger partial charge in [0, 0.05) is 18.0 Å². The zero-order valence-corrected chi connectivity index (χ0v) is 14.1. The van der Waals surface area contributed by atoms with Crippen molar-refractivity contribution in [3.8, 4) is 0 Å². The maximum absolute atomic E-state index is 9.16. The van der Waals surface area contributed by atoms with Gasteiger partial charge in [-0.3, -0.25) is 0 Å². The maximum Gasteiger partial charge on any atom is 0.137 e. The first kappa shape index (κ1) is 15.9. The second kappa shape index (κ2) is 6.54. The van der Waals surface area contributed by atoms with E-state index in [1.807, 2.05) is 30.3 Å². The molecule has 2 aromatic rings. The predicted octanol–water partition coefficient (Wildman–Crippen LogP) is 3.64. The fraction of sp³-hybridized carbons (Fsp3) is 0.375. The monoisotopic (exact) mass is 349 g/mol. The normalized spacial score (nSPS) is 11.5. The van der Waals surface area contributed by atoms with Crippen molar-refractivity contribution in [3.63, 3.8) is 0 Å². The van der Waals surface area contributed by atoms with E-state index in [4.69, 9.17) is 5.11 Å². The van der Waals surface area contributed by atoms with Crippen LogP contribution in [0.2, 0.25) is 0 Å². The minimum Gasteiger partial charge on any atom is -0.392 e. The van der Waals surface area contributed by atoms with Crippen LogP contribution in [0.15, 0.2) is 34.9 Å². The van der Waals surface area contributed by atoms with Crippen LogP contribution in [0.3, 0.4) is 0 Å². The standard InChI is InChI=1S/C16H20BrN3O/c1-16(2,3)15-19-13(17)8-14(20-15)18-9-11-5-4-6-12(7-11)10-21/h4-8,21H,9-10H2,1-3H3,(H,18,19,20). The molecule has 2 N–H and O–H groups in total. The van der Waals surface area contributed by atoms with E-state index in [1.54, 1.807) is 0 Å². The third kappa shape index (κ3) is 4.51. The molecule has 1 aromatic heterocycles. The van der Waals surface area contributed by atoms with E-state index in [0.717, 1.165) is 27.4 Å². The second-order valence-electron chi connectivity index (χ2n) is 5.98. The van der Waals surface area contributed by atoms with Gasteiger partial charge in [0.05, 0.1) is 6.61 Å². The quantitative estimate of drug-likeness (QED) is 0.827. The van der Waals surface area contributed by atoms with Crippen LogP contribution < -0.4 is 5.32 Å². The molecule has 0 atom stereocenters. The molecule has 0 bridgehead atoms. The number of nitrogens with one attached hydrogen (secondary N) is 1. The van der Waals surface area contributed by atoms with Crippen molar-refractivity contribution in [2.45, 2.75) is 39.3 Å². The number of halogens is 1.